The Morgan fingerprint density at radius 1 is 0.867 bits per heavy atom. The van der Waals surface area contributed by atoms with Gasteiger partial charge in [-0.25, -0.2) is 4.39 Å². The topological polar surface area (TPSA) is 0 Å². The van der Waals surface area contributed by atoms with Gasteiger partial charge in [-0.05, 0) is 12.1 Å². The zero-order valence-corrected chi connectivity index (χ0v) is 11.4. The highest BCUT2D eigenvalue weighted by Crippen LogP contribution is 2.44. The fourth-order valence-electron chi connectivity index (χ4n) is 0.919. The number of halogens is 7. The Labute approximate surface area is 116 Å². The molecule has 0 aliphatic carbocycles. The standard InChI is InChI=1S/C8H3Cl6F/c9-7(10,11)4-1-2-6(15)5(3-4)8(12,13)14/h1-3H. The zero-order chi connectivity index (χ0) is 11.9. The van der Waals surface area contributed by atoms with E-state index in [0.29, 0.717) is 0 Å². The monoisotopic (exact) mass is 328 g/mol. The average Bonchev–Trinajstić information content (AvgIpc) is 2.00. The van der Waals surface area contributed by atoms with Gasteiger partial charge < -0.3 is 0 Å². The summed E-state index contributed by atoms with van der Waals surface area (Å²) >= 11 is 33.5. The molecule has 0 saturated carbocycles. The van der Waals surface area contributed by atoms with Crippen molar-refractivity contribution in [1.82, 2.24) is 0 Å². The first kappa shape index (κ1) is 14.0. The third-order valence-corrected chi connectivity index (χ3v) is 2.86. The molecule has 0 N–H and O–H groups in total. The van der Waals surface area contributed by atoms with E-state index >= 15 is 0 Å². The van der Waals surface area contributed by atoms with Crippen LogP contribution in [0.15, 0.2) is 18.2 Å². The van der Waals surface area contributed by atoms with Crippen LogP contribution in [0.5, 0.6) is 0 Å². The van der Waals surface area contributed by atoms with Crippen LogP contribution in [0.3, 0.4) is 0 Å². The molecule has 0 aromatic heterocycles. The molecule has 0 saturated heterocycles. The van der Waals surface area contributed by atoms with Crippen LogP contribution in [0.1, 0.15) is 11.1 Å². The predicted octanol–water partition coefficient (Wildman–Crippen LogP) is 5.48. The Balaban J connectivity index is 3.30. The first-order valence-corrected chi connectivity index (χ1v) is 5.83. The van der Waals surface area contributed by atoms with Crippen LogP contribution >= 0.6 is 69.6 Å². The minimum atomic E-state index is -1.89. The van der Waals surface area contributed by atoms with E-state index < -0.39 is 13.4 Å². The second-order valence-electron chi connectivity index (χ2n) is 2.69. The summed E-state index contributed by atoms with van der Waals surface area (Å²) in [7, 11) is 0. The maximum absolute atomic E-state index is 13.3. The van der Waals surface area contributed by atoms with Gasteiger partial charge in [0.05, 0.1) is 0 Å². The molecule has 0 unspecified atom stereocenters. The second kappa shape index (κ2) is 4.64. The summed E-state index contributed by atoms with van der Waals surface area (Å²) in [4.78, 5) is 0. The number of hydrogen-bond donors (Lipinski definition) is 0. The van der Waals surface area contributed by atoms with E-state index in [1.165, 1.54) is 12.1 Å². The Morgan fingerprint density at radius 3 is 1.80 bits per heavy atom. The van der Waals surface area contributed by atoms with Gasteiger partial charge in [0.25, 0.3) is 0 Å². The quantitative estimate of drug-likeness (QED) is 0.553. The smallest absolute Gasteiger partial charge is 0.207 e. The predicted molar refractivity (Wildman–Crippen MR) is 64.9 cm³/mol. The van der Waals surface area contributed by atoms with Crippen molar-refractivity contribution < 1.29 is 4.39 Å². The van der Waals surface area contributed by atoms with E-state index in [-0.39, 0.29) is 11.1 Å². The molecule has 0 fully saturated rings. The Kier molecular flexibility index (Phi) is 4.31. The van der Waals surface area contributed by atoms with Crippen molar-refractivity contribution in [2.45, 2.75) is 7.59 Å². The molecule has 1 aromatic rings. The number of alkyl halides is 6. The third-order valence-electron chi connectivity index (χ3n) is 1.60. The van der Waals surface area contributed by atoms with Gasteiger partial charge in [-0.1, -0.05) is 75.7 Å². The van der Waals surface area contributed by atoms with Crippen LogP contribution in [0.4, 0.5) is 4.39 Å². The van der Waals surface area contributed by atoms with Crippen molar-refractivity contribution in [3.05, 3.63) is 35.1 Å². The summed E-state index contributed by atoms with van der Waals surface area (Å²) < 4.78 is 9.70. The fourth-order valence-corrected chi connectivity index (χ4v) is 1.71. The van der Waals surface area contributed by atoms with Crippen LogP contribution < -0.4 is 0 Å². The van der Waals surface area contributed by atoms with Gasteiger partial charge in [0, 0.05) is 11.1 Å². The van der Waals surface area contributed by atoms with Crippen LogP contribution in [-0.2, 0) is 7.59 Å². The highest BCUT2D eigenvalue weighted by molar-refractivity contribution is 6.67. The summed E-state index contributed by atoms with van der Waals surface area (Å²) in [6.45, 7) is 0. The summed E-state index contributed by atoms with van der Waals surface area (Å²) in [5.41, 5.74) is 0.0755. The highest BCUT2D eigenvalue weighted by Gasteiger charge is 2.30. The van der Waals surface area contributed by atoms with Crippen molar-refractivity contribution in [2.75, 3.05) is 0 Å². The molecule has 0 heterocycles. The molecule has 0 amide bonds. The minimum absolute atomic E-state index is 0.156. The highest BCUT2D eigenvalue weighted by atomic mass is 35.6. The van der Waals surface area contributed by atoms with Gasteiger partial charge in [-0.15, -0.1) is 0 Å². The lowest BCUT2D eigenvalue weighted by molar-refractivity contribution is 0.612. The molecule has 0 bridgehead atoms. The summed E-state index contributed by atoms with van der Waals surface area (Å²) in [5.74, 6) is -0.673. The number of benzene rings is 1. The Bertz CT molecular complexity index is 364. The van der Waals surface area contributed by atoms with E-state index in [2.05, 4.69) is 0 Å². The first-order chi connectivity index (χ1) is 6.62. The van der Waals surface area contributed by atoms with Gasteiger partial charge in [-0.3, -0.25) is 0 Å². The second-order valence-corrected chi connectivity index (χ2v) is 7.25. The number of rotatable bonds is 0. The third kappa shape index (κ3) is 3.69. The molecule has 0 nitrogen and oxygen atoms in total. The van der Waals surface area contributed by atoms with E-state index in [0.717, 1.165) is 6.07 Å². The van der Waals surface area contributed by atoms with Gasteiger partial charge in [0.15, 0.2) is 0 Å². The summed E-state index contributed by atoms with van der Waals surface area (Å²) in [6.07, 6.45) is 0. The van der Waals surface area contributed by atoms with E-state index in [1.807, 2.05) is 0 Å². The normalized spacial score (nSPS) is 13.0. The first-order valence-electron chi connectivity index (χ1n) is 3.56. The van der Waals surface area contributed by atoms with Gasteiger partial charge in [0.2, 0.25) is 7.59 Å². The summed E-state index contributed by atoms with van der Waals surface area (Å²) in [5, 5.41) is 0. The van der Waals surface area contributed by atoms with E-state index in [4.69, 9.17) is 69.6 Å². The molecule has 0 atom stereocenters. The number of hydrogen-bond acceptors (Lipinski definition) is 0. The van der Waals surface area contributed by atoms with Crippen molar-refractivity contribution in [2.24, 2.45) is 0 Å². The van der Waals surface area contributed by atoms with Crippen molar-refractivity contribution >= 4 is 69.6 Å². The molecule has 1 rings (SSSR count). The SMILES string of the molecule is Fc1ccc(C(Cl)(Cl)Cl)cc1C(Cl)(Cl)Cl. The van der Waals surface area contributed by atoms with E-state index in [9.17, 15) is 4.39 Å². The molecule has 1 aromatic carbocycles. The van der Waals surface area contributed by atoms with E-state index in [1.54, 1.807) is 0 Å². The minimum Gasteiger partial charge on any atom is -0.207 e. The Hall–Kier alpha value is 0.890. The molecule has 84 valence electrons. The molecule has 15 heavy (non-hydrogen) atoms. The van der Waals surface area contributed by atoms with Gasteiger partial charge in [0.1, 0.15) is 5.82 Å². The molecule has 0 aliphatic heterocycles. The van der Waals surface area contributed by atoms with Crippen molar-refractivity contribution in [1.29, 1.82) is 0 Å². The lowest BCUT2D eigenvalue weighted by Gasteiger charge is -2.17. The maximum Gasteiger partial charge on any atom is 0.218 e. The Morgan fingerprint density at radius 2 is 1.40 bits per heavy atom. The molecule has 0 aliphatic rings. The molecular weight excluding hydrogens is 328 g/mol. The molecule has 7 heteroatoms. The van der Waals surface area contributed by atoms with Crippen molar-refractivity contribution in [3.63, 3.8) is 0 Å². The largest absolute Gasteiger partial charge is 0.218 e. The van der Waals surface area contributed by atoms with Crippen LogP contribution in [0.25, 0.3) is 0 Å². The summed E-state index contributed by atoms with van der Waals surface area (Å²) in [6, 6.07) is 3.59. The molecular formula is C8H3Cl6F. The van der Waals surface area contributed by atoms with Crippen LogP contribution in [-0.4, -0.2) is 0 Å². The van der Waals surface area contributed by atoms with Crippen LogP contribution in [0.2, 0.25) is 0 Å². The molecule has 0 radical (unpaired) electrons. The lowest BCUT2D eigenvalue weighted by Crippen LogP contribution is -2.08. The van der Waals surface area contributed by atoms with Gasteiger partial charge in [-0.2, -0.15) is 0 Å². The van der Waals surface area contributed by atoms with Crippen molar-refractivity contribution in [3.8, 4) is 0 Å². The van der Waals surface area contributed by atoms with Gasteiger partial charge >= 0.3 is 0 Å². The lowest BCUT2D eigenvalue weighted by atomic mass is 10.1. The maximum atomic E-state index is 13.3. The zero-order valence-electron chi connectivity index (χ0n) is 6.88. The fraction of sp³-hybridized carbons (Fsp3) is 0.250. The average molecular weight is 331 g/mol. The molecule has 0 spiro atoms. The van der Waals surface area contributed by atoms with Crippen LogP contribution in [0, 0.1) is 5.82 Å².